The molecule has 5 nitrogen and oxygen atoms in total. The van der Waals surface area contributed by atoms with Gasteiger partial charge in [0.15, 0.2) is 5.16 Å². The molecule has 2 heterocycles. The van der Waals surface area contributed by atoms with Gasteiger partial charge < -0.3 is 4.42 Å². The fourth-order valence-corrected chi connectivity index (χ4v) is 4.20. The third kappa shape index (κ3) is 3.36. The van der Waals surface area contributed by atoms with Crippen LogP contribution in [0, 0.1) is 27.7 Å². The molecule has 0 unspecified atom stereocenters. The van der Waals surface area contributed by atoms with Crippen molar-refractivity contribution in [1.82, 2.24) is 14.8 Å². The molecule has 0 aliphatic heterocycles. The van der Waals surface area contributed by atoms with Crippen LogP contribution in [-0.2, 0) is 5.75 Å². The normalized spacial score (nSPS) is 11.3. The number of aryl methyl sites for hydroxylation is 4. The average molecular weight is 391 g/mol. The van der Waals surface area contributed by atoms with Gasteiger partial charge in [-0.1, -0.05) is 41.6 Å². The number of fused-ring (bicyclic) bond motifs is 1. The lowest BCUT2D eigenvalue weighted by Crippen LogP contribution is -2.03. The van der Waals surface area contributed by atoms with Gasteiger partial charge in [-0.2, -0.15) is 0 Å². The van der Waals surface area contributed by atoms with Crippen molar-refractivity contribution in [3.05, 3.63) is 81.0 Å². The van der Waals surface area contributed by atoms with Gasteiger partial charge in [0.05, 0.1) is 0 Å². The number of benzene rings is 2. The summed E-state index contributed by atoms with van der Waals surface area (Å²) >= 11 is 1.56. The molecule has 4 aromatic rings. The van der Waals surface area contributed by atoms with Gasteiger partial charge in [0, 0.05) is 22.9 Å². The zero-order chi connectivity index (χ0) is 19.8. The predicted molar refractivity (Wildman–Crippen MR) is 112 cm³/mol. The topological polar surface area (TPSA) is 60.9 Å². The third-order valence-corrected chi connectivity index (χ3v) is 5.94. The van der Waals surface area contributed by atoms with Crippen molar-refractivity contribution in [2.75, 3.05) is 0 Å². The quantitative estimate of drug-likeness (QED) is 0.366. The molecule has 0 atom stereocenters. The SMILES string of the molecule is Cc1ccc(-n2c(C)nnc2SCc2cc(=O)oc3c(C)c(C)ccc23)cc1. The van der Waals surface area contributed by atoms with Gasteiger partial charge in [-0.05, 0) is 56.5 Å². The van der Waals surface area contributed by atoms with Crippen LogP contribution in [0.5, 0.6) is 0 Å². The minimum Gasteiger partial charge on any atom is -0.422 e. The van der Waals surface area contributed by atoms with Crippen LogP contribution >= 0.6 is 11.8 Å². The van der Waals surface area contributed by atoms with Gasteiger partial charge in [-0.3, -0.25) is 4.57 Å². The van der Waals surface area contributed by atoms with Crippen molar-refractivity contribution in [1.29, 1.82) is 0 Å². The van der Waals surface area contributed by atoms with E-state index in [4.69, 9.17) is 4.42 Å². The molecule has 4 rings (SSSR count). The Balaban J connectivity index is 1.71. The lowest BCUT2D eigenvalue weighted by atomic mass is 10.0. The van der Waals surface area contributed by atoms with Crippen molar-refractivity contribution in [3.8, 4) is 5.69 Å². The first-order valence-corrected chi connectivity index (χ1v) is 10.1. The number of nitrogens with zero attached hydrogens (tertiary/aromatic N) is 3. The standard InChI is InChI=1S/C22H21N3O2S/c1-13-5-8-18(9-6-13)25-16(4)23-24-22(25)28-12-17-11-20(26)27-21-15(3)14(2)7-10-19(17)21/h5-11H,12H2,1-4H3. The van der Waals surface area contributed by atoms with Crippen LogP contribution in [0.4, 0.5) is 0 Å². The first kappa shape index (κ1) is 18.5. The molecule has 2 aromatic carbocycles. The molecule has 0 amide bonds. The van der Waals surface area contributed by atoms with Crippen LogP contribution in [-0.4, -0.2) is 14.8 Å². The maximum Gasteiger partial charge on any atom is 0.336 e. The zero-order valence-corrected chi connectivity index (χ0v) is 17.1. The highest BCUT2D eigenvalue weighted by Gasteiger charge is 2.14. The monoisotopic (exact) mass is 391 g/mol. The maximum atomic E-state index is 12.1. The van der Waals surface area contributed by atoms with Gasteiger partial charge in [0.1, 0.15) is 11.4 Å². The van der Waals surface area contributed by atoms with Crippen LogP contribution in [0.1, 0.15) is 28.1 Å². The van der Waals surface area contributed by atoms with E-state index < -0.39 is 0 Å². The molecule has 0 aliphatic rings. The molecular formula is C22H21N3O2S. The van der Waals surface area contributed by atoms with E-state index in [-0.39, 0.29) is 5.63 Å². The summed E-state index contributed by atoms with van der Waals surface area (Å²) in [7, 11) is 0. The predicted octanol–water partition coefficient (Wildman–Crippen LogP) is 4.90. The Morgan fingerprint density at radius 1 is 1.00 bits per heavy atom. The smallest absolute Gasteiger partial charge is 0.336 e. The number of rotatable bonds is 4. The molecule has 0 radical (unpaired) electrons. The minimum absolute atomic E-state index is 0.326. The van der Waals surface area contributed by atoms with E-state index in [1.165, 1.54) is 5.56 Å². The second-order valence-electron chi connectivity index (χ2n) is 6.96. The van der Waals surface area contributed by atoms with Crippen molar-refractivity contribution in [2.45, 2.75) is 38.6 Å². The molecule has 28 heavy (non-hydrogen) atoms. The molecule has 6 heteroatoms. The van der Waals surface area contributed by atoms with Crippen LogP contribution in [0.15, 0.2) is 56.8 Å². The lowest BCUT2D eigenvalue weighted by molar-refractivity contribution is 0.557. The van der Waals surface area contributed by atoms with Gasteiger partial charge in [-0.15, -0.1) is 10.2 Å². The second kappa shape index (κ2) is 7.28. The summed E-state index contributed by atoms with van der Waals surface area (Å²) in [5.41, 5.74) is 5.62. The molecule has 142 valence electrons. The summed E-state index contributed by atoms with van der Waals surface area (Å²) in [4.78, 5) is 12.1. The largest absolute Gasteiger partial charge is 0.422 e. The van der Waals surface area contributed by atoms with E-state index >= 15 is 0 Å². The third-order valence-electron chi connectivity index (χ3n) is 4.96. The first-order valence-electron chi connectivity index (χ1n) is 9.09. The highest BCUT2D eigenvalue weighted by atomic mass is 32.2. The Morgan fingerprint density at radius 2 is 1.75 bits per heavy atom. The molecule has 0 saturated heterocycles. The highest BCUT2D eigenvalue weighted by molar-refractivity contribution is 7.98. The molecule has 0 spiro atoms. The zero-order valence-electron chi connectivity index (χ0n) is 16.3. The Morgan fingerprint density at radius 3 is 2.50 bits per heavy atom. The lowest BCUT2D eigenvalue weighted by Gasteiger charge is -2.10. The van der Waals surface area contributed by atoms with Crippen molar-refractivity contribution >= 4 is 22.7 Å². The van der Waals surface area contributed by atoms with Crippen LogP contribution in [0.2, 0.25) is 0 Å². The Labute approximate surface area is 167 Å². The number of hydrogen-bond donors (Lipinski definition) is 0. The van der Waals surface area contributed by atoms with Crippen LogP contribution in [0.3, 0.4) is 0 Å². The van der Waals surface area contributed by atoms with Crippen LogP contribution < -0.4 is 5.63 Å². The van der Waals surface area contributed by atoms with Gasteiger partial charge in [0.25, 0.3) is 0 Å². The van der Waals surface area contributed by atoms with E-state index in [9.17, 15) is 4.79 Å². The summed E-state index contributed by atoms with van der Waals surface area (Å²) in [6.07, 6.45) is 0. The summed E-state index contributed by atoms with van der Waals surface area (Å²) < 4.78 is 7.51. The molecule has 0 N–H and O–H groups in total. The molecule has 0 fully saturated rings. The summed E-state index contributed by atoms with van der Waals surface area (Å²) in [6.45, 7) is 8.00. The van der Waals surface area contributed by atoms with E-state index in [0.717, 1.165) is 38.7 Å². The molecule has 2 aromatic heterocycles. The van der Waals surface area contributed by atoms with E-state index in [1.807, 2.05) is 31.4 Å². The van der Waals surface area contributed by atoms with Crippen molar-refractivity contribution < 1.29 is 4.42 Å². The van der Waals surface area contributed by atoms with E-state index in [0.29, 0.717) is 11.3 Å². The number of aromatic nitrogens is 3. The molecular weight excluding hydrogens is 370 g/mol. The minimum atomic E-state index is -0.326. The molecule has 0 aliphatic carbocycles. The van der Waals surface area contributed by atoms with Gasteiger partial charge >= 0.3 is 5.63 Å². The Hall–Kier alpha value is -2.86. The van der Waals surface area contributed by atoms with Crippen molar-refractivity contribution in [3.63, 3.8) is 0 Å². The summed E-state index contributed by atoms with van der Waals surface area (Å²) in [5.74, 6) is 1.43. The number of thioether (sulfide) groups is 1. The fourth-order valence-electron chi connectivity index (χ4n) is 3.21. The van der Waals surface area contributed by atoms with Crippen molar-refractivity contribution in [2.24, 2.45) is 0 Å². The molecule has 0 bridgehead atoms. The van der Waals surface area contributed by atoms with Gasteiger partial charge in [0.2, 0.25) is 0 Å². The van der Waals surface area contributed by atoms with Gasteiger partial charge in [-0.25, -0.2) is 4.79 Å². The summed E-state index contributed by atoms with van der Waals surface area (Å²) in [6, 6.07) is 13.9. The fraction of sp³-hybridized carbons (Fsp3) is 0.227. The average Bonchev–Trinajstić information content (AvgIpc) is 3.04. The van der Waals surface area contributed by atoms with E-state index in [1.54, 1.807) is 17.8 Å². The first-order chi connectivity index (χ1) is 13.4. The number of hydrogen-bond acceptors (Lipinski definition) is 5. The van der Waals surface area contributed by atoms with Crippen LogP contribution in [0.25, 0.3) is 16.7 Å². The Kier molecular flexibility index (Phi) is 4.81. The second-order valence-corrected chi connectivity index (χ2v) is 7.91. The molecule has 0 saturated carbocycles. The van der Waals surface area contributed by atoms with E-state index in [2.05, 4.69) is 47.5 Å². The maximum absolute atomic E-state index is 12.1. The Bertz CT molecular complexity index is 1220. The summed E-state index contributed by atoms with van der Waals surface area (Å²) in [5, 5.41) is 10.3. The highest BCUT2D eigenvalue weighted by Crippen LogP contribution is 2.29.